The van der Waals surface area contributed by atoms with Crippen molar-refractivity contribution in [1.29, 1.82) is 0 Å². The van der Waals surface area contributed by atoms with Gasteiger partial charge in [-0.3, -0.25) is 9.78 Å². The Balaban J connectivity index is 1.52. The quantitative estimate of drug-likeness (QED) is 0.213. The van der Waals surface area contributed by atoms with Gasteiger partial charge in [-0.2, -0.15) is 0 Å². The van der Waals surface area contributed by atoms with E-state index in [2.05, 4.69) is 54.5 Å². The number of piperidine rings is 1. The lowest BCUT2D eigenvalue weighted by molar-refractivity contribution is 0.0336. The lowest BCUT2D eigenvalue weighted by atomic mass is 9.91. The maximum atomic E-state index is 14.8. The molecule has 5 rings (SSSR count). The minimum atomic E-state index is -2.30. The maximum Gasteiger partial charge on any atom is 0.408 e. The predicted molar refractivity (Wildman–Crippen MR) is 192 cm³/mol. The lowest BCUT2D eigenvalue weighted by Gasteiger charge is -2.49. The standard InChI is InChI=1S/C37H48F3N5O5Si/c1-20-18-45(19-27(44-35(48)49-36(2,3)4)33(20)50-51(8,9)37(5,6)7)32-21-13-16-28(46)30(21)41-17-26(32)43-34(47)25-15-14-24(40)31(42-25)29-22(38)11-10-12-23(29)39/h10-12,14-15,17,20,27-28,33,46H,13,16,18-19H2,1-9H3,(H,43,47)(H,44,48)/t20-,27+,28+,33+/m0/s1. The number of fused-ring (bicyclic) bond motifs is 1. The molecule has 3 heterocycles. The molecule has 0 bridgehead atoms. The van der Waals surface area contributed by atoms with E-state index in [0.29, 0.717) is 36.5 Å². The zero-order chi connectivity index (χ0) is 37.6. The summed E-state index contributed by atoms with van der Waals surface area (Å²) in [6.45, 7) is 19.0. The van der Waals surface area contributed by atoms with Gasteiger partial charge in [-0.05, 0) is 76.0 Å². The number of aliphatic hydroxyl groups excluding tert-OH is 1. The molecule has 276 valence electrons. The van der Waals surface area contributed by atoms with Crippen LogP contribution in [0.5, 0.6) is 0 Å². The van der Waals surface area contributed by atoms with Gasteiger partial charge < -0.3 is 29.8 Å². The first-order chi connectivity index (χ1) is 23.7. The molecule has 14 heteroatoms. The number of alkyl carbamates (subject to hydrolysis) is 1. The molecule has 51 heavy (non-hydrogen) atoms. The first kappa shape index (κ1) is 38.2. The van der Waals surface area contributed by atoms with Gasteiger partial charge in [-0.1, -0.05) is 33.8 Å². The van der Waals surface area contributed by atoms with Crippen LogP contribution in [-0.4, -0.2) is 66.2 Å². The van der Waals surface area contributed by atoms with Crippen LogP contribution in [0.2, 0.25) is 18.1 Å². The number of amides is 2. The highest BCUT2D eigenvalue weighted by Crippen LogP contribution is 2.44. The SMILES string of the molecule is C[C@H]1CN(c2c(NC(=O)c3ccc(F)c(-c4c(F)cccc4F)n3)cnc3c2CC[C@H]3O)C[C@@H](NC(=O)OC(C)(C)C)[C@@H]1O[Si](C)(C)C(C)(C)C. The number of halogens is 3. The minimum absolute atomic E-state index is 0.0911. The molecule has 0 radical (unpaired) electrons. The number of hydrogen-bond acceptors (Lipinski definition) is 8. The third kappa shape index (κ3) is 8.23. The fourth-order valence-electron chi connectivity index (χ4n) is 6.36. The molecule has 0 spiro atoms. The Morgan fingerprint density at radius 2 is 1.67 bits per heavy atom. The van der Waals surface area contributed by atoms with Crippen molar-refractivity contribution in [2.24, 2.45) is 5.92 Å². The fraction of sp³-hybridized carbons (Fsp3) is 0.514. The van der Waals surface area contributed by atoms with Crippen molar-refractivity contribution < 1.29 is 37.0 Å². The first-order valence-electron chi connectivity index (χ1n) is 17.2. The average molecular weight is 728 g/mol. The van der Waals surface area contributed by atoms with E-state index in [9.17, 15) is 27.9 Å². The number of nitrogens with zero attached hydrogens (tertiary/aromatic N) is 3. The van der Waals surface area contributed by atoms with Crippen LogP contribution < -0.4 is 15.5 Å². The third-order valence-corrected chi connectivity index (χ3v) is 14.3. The van der Waals surface area contributed by atoms with Gasteiger partial charge >= 0.3 is 6.09 Å². The molecule has 3 N–H and O–H groups in total. The Labute approximate surface area is 298 Å². The van der Waals surface area contributed by atoms with Gasteiger partial charge in [0, 0.05) is 24.6 Å². The summed E-state index contributed by atoms with van der Waals surface area (Å²) >= 11 is 0. The molecule has 2 aliphatic rings. The number of rotatable bonds is 7. The smallest absolute Gasteiger partial charge is 0.408 e. The van der Waals surface area contributed by atoms with Crippen molar-refractivity contribution in [2.45, 2.75) is 103 Å². The van der Waals surface area contributed by atoms with Gasteiger partial charge in [0.15, 0.2) is 8.32 Å². The van der Waals surface area contributed by atoms with Crippen molar-refractivity contribution in [1.82, 2.24) is 15.3 Å². The van der Waals surface area contributed by atoms with Crippen LogP contribution in [0.15, 0.2) is 36.5 Å². The molecule has 2 aromatic heterocycles. The van der Waals surface area contributed by atoms with E-state index < -0.39 is 66.8 Å². The molecular weight excluding hydrogens is 680 g/mol. The zero-order valence-electron chi connectivity index (χ0n) is 30.7. The summed E-state index contributed by atoms with van der Waals surface area (Å²) < 4.78 is 56.6. The van der Waals surface area contributed by atoms with Crippen molar-refractivity contribution in [3.05, 3.63) is 70.9 Å². The Morgan fingerprint density at radius 3 is 2.29 bits per heavy atom. The lowest BCUT2D eigenvalue weighted by Crippen LogP contribution is -2.63. The van der Waals surface area contributed by atoms with Gasteiger partial charge in [-0.15, -0.1) is 0 Å². The number of carbonyl (C=O) groups is 2. The summed E-state index contributed by atoms with van der Waals surface area (Å²) in [6, 6.07) is 4.66. The van der Waals surface area contributed by atoms with Gasteiger partial charge in [0.2, 0.25) is 0 Å². The highest BCUT2D eigenvalue weighted by atomic mass is 28.4. The van der Waals surface area contributed by atoms with E-state index >= 15 is 0 Å². The van der Waals surface area contributed by atoms with Crippen molar-refractivity contribution >= 4 is 31.7 Å². The van der Waals surface area contributed by atoms with E-state index in [0.717, 1.165) is 35.9 Å². The topological polar surface area (TPSA) is 126 Å². The molecule has 3 aromatic rings. The van der Waals surface area contributed by atoms with Gasteiger partial charge in [0.1, 0.15) is 34.4 Å². The molecule has 1 fully saturated rings. The number of carbonyl (C=O) groups excluding carboxylic acids is 2. The summed E-state index contributed by atoms with van der Waals surface area (Å²) in [7, 11) is -2.30. The van der Waals surface area contributed by atoms with Gasteiger partial charge in [-0.25, -0.2) is 22.9 Å². The molecule has 2 amide bonds. The highest BCUT2D eigenvalue weighted by Gasteiger charge is 2.46. The summed E-state index contributed by atoms with van der Waals surface area (Å²) in [4.78, 5) is 37.5. The van der Waals surface area contributed by atoms with Crippen LogP contribution in [0.3, 0.4) is 0 Å². The summed E-state index contributed by atoms with van der Waals surface area (Å²) in [6.07, 6.45) is 0.623. The van der Waals surface area contributed by atoms with Crippen molar-refractivity contribution in [3.63, 3.8) is 0 Å². The second kappa shape index (κ2) is 14.2. The van der Waals surface area contributed by atoms with E-state index in [1.165, 1.54) is 6.20 Å². The van der Waals surface area contributed by atoms with E-state index in [1.54, 1.807) is 20.8 Å². The number of pyridine rings is 2. The van der Waals surface area contributed by atoms with Crippen LogP contribution in [0.25, 0.3) is 11.3 Å². The number of hydrogen-bond donors (Lipinski definition) is 3. The second-order valence-electron chi connectivity index (χ2n) is 16.0. The second-order valence-corrected chi connectivity index (χ2v) is 20.8. The number of aromatic nitrogens is 2. The number of ether oxygens (including phenoxy) is 1. The highest BCUT2D eigenvalue weighted by molar-refractivity contribution is 6.74. The monoisotopic (exact) mass is 727 g/mol. The van der Waals surface area contributed by atoms with Crippen LogP contribution in [0, 0.1) is 23.4 Å². The van der Waals surface area contributed by atoms with Crippen molar-refractivity contribution in [3.8, 4) is 11.3 Å². The molecule has 1 saturated heterocycles. The Kier molecular flexibility index (Phi) is 10.6. The number of anilines is 2. The van der Waals surface area contributed by atoms with Crippen LogP contribution >= 0.6 is 0 Å². The predicted octanol–water partition coefficient (Wildman–Crippen LogP) is 7.53. The largest absolute Gasteiger partial charge is 0.444 e. The Morgan fingerprint density at radius 1 is 1.00 bits per heavy atom. The van der Waals surface area contributed by atoms with E-state index in [1.807, 2.05) is 11.8 Å². The number of nitrogens with one attached hydrogen (secondary N) is 2. The molecule has 0 unspecified atom stereocenters. The van der Waals surface area contributed by atoms with Crippen LogP contribution in [0.1, 0.15) is 82.7 Å². The molecule has 1 aromatic carbocycles. The Bertz CT molecular complexity index is 1790. The normalized spacial score (nSPS) is 20.9. The Hall–Kier alpha value is -4.01. The molecule has 4 atom stereocenters. The van der Waals surface area contributed by atoms with Crippen molar-refractivity contribution in [2.75, 3.05) is 23.3 Å². The van der Waals surface area contributed by atoms with Crippen LogP contribution in [0.4, 0.5) is 29.3 Å². The summed E-state index contributed by atoms with van der Waals surface area (Å²) in [5, 5.41) is 16.6. The summed E-state index contributed by atoms with van der Waals surface area (Å²) in [5.74, 6) is -3.91. The van der Waals surface area contributed by atoms with Gasteiger partial charge in [0.25, 0.3) is 5.91 Å². The molecule has 1 aliphatic carbocycles. The summed E-state index contributed by atoms with van der Waals surface area (Å²) in [5.41, 5.74) is -0.185. The molecule has 10 nitrogen and oxygen atoms in total. The number of aliphatic hydroxyl groups is 1. The fourth-order valence-corrected chi connectivity index (χ4v) is 7.79. The van der Waals surface area contributed by atoms with E-state index in [4.69, 9.17) is 9.16 Å². The number of benzene rings is 1. The van der Waals surface area contributed by atoms with Gasteiger partial charge in [0.05, 0.1) is 47.1 Å². The first-order valence-corrected chi connectivity index (χ1v) is 20.1. The van der Waals surface area contributed by atoms with Crippen LogP contribution in [-0.2, 0) is 15.6 Å². The molecular formula is C37H48F3N5O5Si. The van der Waals surface area contributed by atoms with E-state index in [-0.39, 0.29) is 29.3 Å². The maximum absolute atomic E-state index is 14.8. The zero-order valence-corrected chi connectivity index (χ0v) is 31.7. The minimum Gasteiger partial charge on any atom is -0.444 e. The average Bonchev–Trinajstić information content (AvgIpc) is 3.38. The molecule has 1 aliphatic heterocycles. The molecule has 0 saturated carbocycles. The third-order valence-electron chi connectivity index (χ3n) is 9.83.